The van der Waals surface area contributed by atoms with Crippen LogP contribution in [0.3, 0.4) is 0 Å². The number of imidazole rings is 1. The zero-order valence-corrected chi connectivity index (χ0v) is 16.9. The van der Waals surface area contributed by atoms with Gasteiger partial charge in [-0.3, -0.25) is 14.1 Å². The largest absolute Gasteiger partial charge is 0.416 e. The first-order chi connectivity index (χ1) is 13.7. The Kier molecular flexibility index (Phi) is 5.12. The highest BCUT2D eigenvalue weighted by molar-refractivity contribution is 7.15. The minimum atomic E-state index is -4.37. The molecular formula is C20H21F3N4OS. The molecule has 0 spiro atoms. The summed E-state index contributed by atoms with van der Waals surface area (Å²) >= 11 is 1.35. The second-order valence-corrected chi connectivity index (χ2v) is 8.23. The van der Waals surface area contributed by atoms with Crippen molar-refractivity contribution in [1.82, 2.24) is 19.2 Å². The number of nitrogens with zero attached hydrogens (tertiary/aromatic N) is 4. The van der Waals surface area contributed by atoms with Gasteiger partial charge in [0.2, 0.25) is 0 Å². The maximum Gasteiger partial charge on any atom is 0.416 e. The van der Waals surface area contributed by atoms with Gasteiger partial charge < -0.3 is 4.90 Å². The number of thiazole rings is 1. The van der Waals surface area contributed by atoms with Gasteiger partial charge in [0.25, 0.3) is 5.91 Å². The fourth-order valence-corrected chi connectivity index (χ4v) is 4.36. The van der Waals surface area contributed by atoms with Crippen LogP contribution in [-0.2, 0) is 6.18 Å². The predicted molar refractivity (Wildman–Crippen MR) is 106 cm³/mol. The zero-order valence-electron chi connectivity index (χ0n) is 16.1. The van der Waals surface area contributed by atoms with Crippen LogP contribution in [-0.4, -0.2) is 57.3 Å². The molecule has 1 aliphatic heterocycles. The van der Waals surface area contributed by atoms with Crippen molar-refractivity contribution in [2.24, 2.45) is 0 Å². The van der Waals surface area contributed by atoms with Crippen LogP contribution in [0.2, 0.25) is 0 Å². The van der Waals surface area contributed by atoms with Gasteiger partial charge in [0.15, 0.2) is 4.96 Å². The molecule has 1 fully saturated rings. The number of piperazine rings is 1. The Labute approximate surface area is 170 Å². The second-order valence-electron chi connectivity index (χ2n) is 7.40. The van der Waals surface area contributed by atoms with Crippen molar-refractivity contribution in [1.29, 1.82) is 0 Å². The second kappa shape index (κ2) is 7.46. The van der Waals surface area contributed by atoms with Crippen LogP contribution in [0.25, 0.3) is 16.2 Å². The summed E-state index contributed by atoms with van der Waals surface area (Å²) in [6, 6.07) is 5.36. The van der Waals surface area contributed by atoms with E-state index in [4.69, 9.17) is 0 Å². The van der Waals surface area contributed by atoms with Crippen LogP contribution in [0.1, 0.15) is 29.9 Å². The molecule has 1 amide bonds. The summed E-state index contributed by atoms with van der Waals surface area (Å²) in [4.78, 5) is 22.3. The molecule has 3 heterocycles. The van der Waals surface area contributed by atoms with Crippen molar-refractivity contribution in [3.63, 3.8) is 0 Å². The number of carbonyl (C=O) groups excluding carboxylic acids is 1. The van der Waals surface area contributed by atoms with Gasteiger partial charge in [0.05, 0.1) is 11.3 Å². The van der Waals surface area contributed by atoms with Crippen LogP contribution >= 0.6 is 11.3 Å². The Balaban J connectivity index is 1.56. The van der Waals surface area contributed by atoms with Crippen molar-refractivity contribution in [3.8, 4) is 11.3 Å². The van der Waals surface area contributed by atoms with E-state index in [0.717, 1.165) is 25.2 Å². The number of carbonyl (C=O) groups is 1. The summed E-state index contributed by atoms with van der Waals surface area (Å²) in [6.07, 6.45) is -2.65. The highest BCUT2D eigenvalue weighted by Gasteiger charge is 2.30. The lowest BCUT2D eigenvalue weighted by atomic mass is 10.1. The van der Waals surface area contributed by atoms with Crippen molar-refractivity contribution in [2.45, 2.75) is 26.1 Å². The molecule has 1 saturated heterocycles. The standard InChI is InChI=1S/C20H21F3N4OS/c1-13(2)25-7-9-26(10-8-25)18(28)17-12-29-19-24-16(11-27(17)19)14-3-5-15(6-4-14)20(21,22)23/h3-6,11-13H,7-10H2,1-2H3. The van der Waals surface area contributed by atoms with E-state index in [1.807, 2.05) is 4.90 Å². The first kappa shape index (κ1) is 19.9. The van der Waals surface area contributed by atoms with Crippen LogP contribution < -0.4 is 0 Å². The third-order valence-electron chi connectivity index (χ3n) is 5.27. The number of aromatic nitrogens is 2. The molecule has 3 aromatic rings. The molecule has 1 aromatic carbocycles. The molecule has 4 rings (SSSR count). The molecule has 5 nitrogen and oxygen atoms in total. The van der Waals surface area contributed by atoms with Gasteiger partial charge in [-0.2, -0.15) is 13.2 Å². The quantitative estimate of drug-likeness (QED) is 0.634. The lowest BCUT2D eigenvalue weighted by Gasteiger charge is -2.36. The van der Waals surface area contributed by atoms with E-state index in [2.05, 4.69) is 23.7 Å². The van der Waals surface area contributed by atoms with Crippen LogP contribution in [0, 0.1) is 0 Å². The lowest BCUT2D eigenvalue weighted by molar-refractivity contribution is -0.137. The lowest BCUT2D eigenvalue weighted by Crippen LogP contribution is -2.50. The summed E-state index contributed by atoms with van der Waals surface area (Å²) < 4.78 is 40.0. The average Bonchev–Trinajstić information content (AvgIpc) is 3.28. The van der Waals surface area contributed by atoms with Gasteiger partial charge >= 0.3 is 6.18 Å². The molecular weight excluding hydrogens is 401 g/mol. The topological polar surface area (TPSA) is 40.8 Å². The number of rotatable bonds is 3. The van der Waals surface area contributed by atoms with Gasteiger partial charge in [-0.05, 0) is 26.0 Å². The first-order valence-corrected chi connectivity index (χ1v) is 10.3. The zero-order chi connectivity index (χ0) is 20.8. The van der Waals surface area contributed by atoms with Crippen molar-refractivity contribution >= 4 is 22.2 Å². The maximum atomic E-state index is 13.0. The smallest absolute Gasteiger partial charge is 0.335 e. The number of fused-ring (bicyclic) bond motifs is 1. The van der Waals surface area contributed by atoms with E-state index in [9.17, 15) is 18.0 Å². The summed E-state index contributed by atoms with van der Waals surface area (Å²) in [5.74, 6) is -0.0453. The fourth-order valence-electron chi connectivity index (χ4n) is 3.51. The number of halogens is 3. The molecule has 0 aliphatic carbocycles. The van der Waals surface area contributed by atoms with E-state index in [0.29, 0.717) is 41.0 Å². The van der Waals surface area contributed by atoms with Crippen molar-refractivity contribution < 1.29 is 18.0 Å². The van der Waals surface area contributed by atoms with Gasteiger partial charge in [-0.1, -0.05) is 12.1 Å². The fraction of sp³-hybridized carbons (Fsp3) is 0.400. The molecule has 0 N–H and O–H groups in total. The SMILES string of the molecule is CC(C)N1CCN(C(=O)c2csc3nc(-c4ccc(C(F)(F)F)cc4)cn23)CC1. The molecule has 0 radical (unpaired) electrons. The van der Waals surface area contributed by atoms with E-state index in [1.165, 1.54) is 23.5 Å². The third-order valence-corrected chi connectivity index (χ3v) is 6.11. The molecule has 0 unspecified atom stereocenters. The number of hydrogen-bond acceptors (Lipinski definition) is 4. The Morgan fingerprint density at radius 2 is 1.76 bits per heavy atom. The predicted octanol–water partition coefficient (Wildman–Crippen LogP) is 4.25. The molecule has 0 saturated carbocycles. The van der Waals surface area contributed by atoms with Crippen LogP contribution in [0.5, 0.6) is 0 Å². The van der Waals surface area contributed by atoms with Gasteiger partial charge in [-0.25, -0.2) is 4.98 Å². The maximum absolute atomic E-state index is 13.0. The van der Waals surface area contributed by atoms with Gasteiger partial charge in [-0.15, -0.1) is 11.3 Å². The molecule has 0 bridgehead atoms. The molecule has 9 heteroatoms. The molecule has 0 atom stereocenters. The van der Waals surface area contributed by atoms with Gasteiger partial charge in [0, 0.05) is 49.4 Å². The molecule has 154 valence electrons. The minimum Gasteiger partial charge on any atom is -0.335 e. The molecule has 2 aromatic heterocycles. The van der Waals surface area contributed by atoms with Crippen molar-refractivity contribution in [3.05, 3.63) is 47.1 Å². The number of benzene rings is 1. The highest BCUT2D eigenvalue weighted by Crippen LogP contribution is 2.31. The van der Waals surface area contributed by atoms with E-state index < -0.39 is 11.7 Å². The molecule has 1 aliphatic rings. The summed E-state index contributed by atoms with van der Waals surface area (Å²) in [7, 11) is 0. The van der Waals surface area contributed by atoms with E-state index in [1.54, 1.807) is 16.0 Å². The number of hydrogen-bond donors (Lipinski definition) is 0. The van der Waals surface area contributed by atoms with Crippen LogP contribution in [0.4, 0.5) is 13.2 Å². The summed E-state index contributed by atoms with van der Waals surface area (Å²) in [5, 5.41) is 1.79. The van der Waals surface area contributed by atoms with Crippen LogP contribution in [0.15, 0.2) is 35.8 Å². The summed E-state index contributed by atoms with van der Waals surface area (Å²) in [5.41, 5.74) is 0.967. The van der Waals surface area contributed by atoms with E-state index >= 15 is 0 Å². The molecule has 29 heavy (non-hydrogen) atoms. The van der Waals surface area contributed by atoms with Gasteiger partial charge in [0.1, 0.15) is 5.69 Å². The average molecular weight is 422 g/mol. The van der Waals surface area contributed by atoms with E-state index in [-0.39, 0.29) is 5.91 Å². The Hall–Kier alpha value is -2.39. The Bertz CT molecular complexity index is 1010. The minimum absolute atomic E-state index is 0.0453. The third kappa shape index (κ3) is 3.89. The number of alkyl halides is 3. The Morgan fingerprint density at radius 3 is 2.34 bits per heavy atom. The highest BCUT2D eigenvalue weighted by atomic mass is 32.1. The number of amides is 1. The first-order valence-electron chi connectivity index (χ1n) is 9.41. The summed E-state index contributed by atoms with van der Waals surface area (Å²) in [6.45, 7) is 7.33. The Morgan fingerprint density at radius 1 is 1.10 bits per heavy atom. The van der Waals surface area contributed by atoms with Crippen molar-refractivity contribution in [2.75, 3.05) is 26.2 Å². The monoisotopic (exact) mass is 422 g/mol. The normalized spacial score (nSPS) is 16.1.